The lowest BCUT2D eigenvalue weighted by Gasteiger charge is -2.06. The first kappa shape index (κ1) is 14.3. The van der Waals surface area contributed by atoms with Gasteiger partial charge in [-0.15, -0.1) is 0 Å². The van der Waals surface area contributed by atoms with Crippen LogP contribution >= 0.6 is 0 Å². The van der Waals surface area contributed by atoms with Crippen LogP contribution in [0.3, 0.4) is 0 Å². The van der Waals surface area contributed by atoms with Crippen LogP contribution in [0.25, 0.3) is 0 Å². The fourth-order valence-corrected chi connectivity index (χ4v) is 1.73. The summed E-state index contributed by atoms with van der Waals surface area (Å²) in [5.41, 5.74) is 1.07. The zero-order valence-electron chi connectivity index (χ0n) is 11.3. The summed E-state index contributed by atoms with van der Waals surface area (Å²) in [6.45, 7) is 0.983. The van der Waals surface area contributed by atoms with Gasteiger partial charge in [0.05, 0.1) is 13.2 Å². The second-order valence-corrected chi connectivity index (χ2v) is 4.43. The normalized spacial score (nSPS) is 10.2. The Morgan fingerprint density at radius 1 is 0.900 bits per heavy atom. The maximum absolute atomic E-state index is 11.6. The highest BCUT2D eigenvalue weighted by Gasteiger charge is 2.03. The molecule has 0 amide bonds. The Balaban J connectivity index is 1.59. The Hall–Kier alpha value is -2.13. The first-order valence-corrected chi connectivity index (χ1v) is 6.66. The molecule has 2 rings (SSSR count). The summed E-state index contributed by atoms with van der Waals surface area (Å²) in [7, 11) is 0. The Morgan fingerprint density at radius 3 is 2.25 bits per heavy atom. The molecule has 0 aliphatic carbocycles. The van der Waals surface area contributed by atoms with Crippen molar-refractivity contribution in [3.8, 4) is 5.75 Å². The summed E-state index contributed by atoms with van der Waals surface area (Å²) < 4.78 is 10.8. The van der Waals surface area contributed by atoms with Gasteiger partial charge in [0.1, 0.15) is 12.4 Å². The topological polar surface area (TPSA) is 35.5 Å². The summed E-state index contributed by atoms with van der Waals surface area (Å²) in [5, 5.41) is 0. The molecule has 3 heteroatoms. The van der Waals surface area contributed by atoms with E-state index >= 15 is 0 Å². The Kier molecular flexibility index (Phi) is 5.80. The van der Waals surface area contributed by atoms with Crippen molar-refractivity contribution in [1.29, 1.82) is 0 Å². The highest BCUT2D eigenvalue weighted by atomic mass is 16.5. The molecular formula is C17H18O3. The highest BCUT2D eigenvalue weighted by molar-refractivity contribution is 5.79. The molecule has 0 aliphatic heterocycles. The number of ether oxygens (including phenoxy) is 2. The van der Waals surface area contributed by atoms with E-state index in [0.29, 0.717) is 19.6 Å². The van der Waals surface area contributed by atoms with Gasteiger partial charge in [-0.25, -0.2) is 0 Å². The molecule has 0 aliphatic rings. The molecule has 0 saturated carbocycles. The Morgan fingerprint density at radius 2 is 1.55 bits per heavy atom. The van der Waals surface area contributed by atoms with E-state index in [2.05, 4.69) is 0 Å². The largest absolute Gasteiger partial charge is 0.493 e. The monoisotopic (exact) mass is 270 g/mol. The van der Waals surface area contributed by atoms with Crippen molar-refractivity contribution in [3.63, 3.8) is 0 Å². The van der Waals surface area contributed by atoms with Gasteiger partial charge in [-0.2, -0.15) is 0 Å². The number of Topliss-reactive ketones (excluding diaryl/α,β-unsaturated/α-hetero) is 1. The number of carbonyl (C=O) groups is 1. The first-order valence-electron chi connectivity index (χ1n) is 6.66. The van der Waals surface area contributed by atoms with Gasteiger partial charge in [0.15, 0.2) is 5.78 Å². The standard InChI is InChI=1S/C17H18O3/c18-16(11-12-20-17-9-5-2-6-10-17)14-19-13-15-7-3-1-4-8-15/h1-10H,11-14H2. The highest BCUT2D eigenvalue weighted by Crippen LogP contribution is 2.08. The van der Waals surface area contributed by atoms with Crippen LogP contribution in [0.15, 0.2) is 60.7 Å². The van der Waals surface area contributed by atoms with Gasteiger partial charge in [-0.05, 0) is 17.7 Å². The van der Waals surface area contributed by atoms with E-state index in [1.165, 1.54) is 0 Å². The fraction of sp³-hybridized carbons (Fsp3) is 0.235. The molecule has 0 atom stereocenters. The molecular weight excluding hydrogens is 252 g/mol. The predicted molar refractivity (Wildman–Crippen MR) is 77.7 cm³/mol. The van der Waals surface area contributed by atoms with Crippen LogP contribution in [-0.4, -0.2) is 19.0 Å². The van der Waals surface area contributed by atoms with Crippen molar-refractivity contribution in [2.24, 2.45) is 0 Å². The van der Waals surface area contributed by atoms with Crippen LogP contribution in [0.1, 0.15) is 12.0 Å². The second kappa shape index (κ2) is 8.12. The van der Waals surface area contributed by atoms with Crippen molar-refractivity contribution < 1.29 is 14.3 Å². The van der Waals surface area contributed by atoms with Crippen molar-refractivity contribution in [3.05, 3.63) is 66.2 Å². The van der Waals surface area contributed by atoms with Gasteiger partial charge in [0.25, 0.3) is 0 Å². The van der Waals surface area contributed by atoms with Crippen LogP contribution in [-0.2, 0) is 16.1 Å². The van der Waals surface area contributed by atoms with Gasteiger partial charge in [0.2, 0.25) is 0 Å². The van der Waals surface area contributed by atoms with Crippen LogP contribution in [0, 0.1) is 0 Å². The number of carbonyl (C=O) groups excluding carboxylic acids is 1. The van der Waals surface area contributed by atoms with Crippen molar-refractivity contribution >= 4 is 5.78 Å². The molecule has 2 aromatic rings. The lowest BCUT2D eigenvalue weighted by Crippen LogP contribution is -2.12. The fourth-order valence-electron chi connectivity index (χ4n) is 1.73. The van der Waals surface area contributed by atoms with Gasteiger partial charge in [0, 0.05) is 6.42 Å². The minimum Gasteiger partial charge on any atom is -0.493 e. The molecule has 0 fully saturated rings. The van der Waals surface area contributed by atoms with Crippen molar-refractivity contribution in [2.45, 2.75) is 13.0 Å². The maximum Gasteiger partial charge on any atom is 0.161 e. The first-order chi connectivity index (χ1) is 9.84. The number of ketones is 1. The zero-order valence-corrected chi connectivity index (χ0v) is 11.3. The van der Waals surface area contributed by atoms with E-state index in [0.717, 1.165) is 11.3 Å². The number of hydrogen-bond acceptors (Lipinski definition) is 3. The van der Waals surface area contributed by atoms with E-state index in [9.17, 15) is 4.79 Å². The SMILES string of the molecule is O=C(CCOc1ccccc1)COCc1ccccc1. The molecule has 0 saturated heterocycles. The van der Waals surface area contributed by atoms with Gasteiger partial charge in [-0.1, -0.05) is 48.5 Å². The summed E-state index contributed by atoms with van der Waals surface area (Å²) in [4.78, 5) is 11.6. The van der Waals surface area contributed by atoms with Crippen LogP contribution in [0.4, 0.5) is 0 Å². The average Bonchev–Trinajstić information content (AvgIpc) is 2.49. The molecule has 0 bridgehead atoms. The molecule has 0 N–H and O–H groups in total. The van der Waals surface area contributed by atoms with E-state index in [1.54, 1.807) is 0 Å². The molecule has 0 unspecified atom stereocenters. The quantitative estimate of drug-likeness (QED) is 0.738. The molecule has 104 valence electrons. The number of rotatable bonds is 8. The van der Waals surface area contributed by atoms with Crippen LogP contribution in [0.2, 0.25) is 0 Å². The number of hydrogen-bond donors (Lipinski definition) is 0. The minimum atomic E-state index is 0.0527. The summed E-state index contributed by atoms with van der Waals surface area (Å²) in [6, 6.07) is 19.3. The smallest absolute Gasteiger partial charge is 0.161 e. The third-order valence-electron chi connectivity index (χ3n) is 2.77. The Labute approximate surface area is 119 Å². The summed E-state index contributed by atoms with van der Waals surface area (Å²) in [6.07, 6.45) is 0.365. The molecule has 0 aromatic heterocycles. The van der Waals surface area contributed by atoms with Gasteiger partial charge in [-0.3, -0.25) is 4.79 Å². The summed E-state index contributed by atoms with van der Waals surface area (Å²) >= 11 is 0. The number of para-hydroxylation sites is 1. The molecule has 0 spiro atoms. The van der Waals surface area contributed by atoms with Gasteiger partial charge >= 0.3 is 0 Å². The van der Waals surface area contributed by atoms with E-state index in [4.69, 9.17) is 9.47 Å². The Bertz CT molecular complexity index is 461. The lowest BCUT2D eigenvalue weighted by molar-refractivity contribution is -0.124. The zero-order chi connectivity index (χ0) is 14.0. The summed E-state index contributed by atoms with van der Waals surface area (Å²) in [5.74, 6) is 0.836. The van der Waals surface area contributed by atoms with Crippen LogP contribution in [0.5, 0.6) is 5.75 Å². The molecule has 2 aromatic carbocycles. The second-order valence-electron chi connectivity index (χ2n) is 4.43. The minimum absolute atomic E-state index is 0.0527. The van der Waals surface area contributed by atoms with E-state index in [-0.39, 0.29) is 12.4 Å². The number of benzene rings is 2. The average molecular weight is 270 g/mol. The molecule has 3 nitrogen and oxygen atoms in total. The lowest BCUT2D eigenvalue weighted by atomic mass is 10.2. The van der Waals surface area contributed by atoms with Gasteiger partial charge < -0.3 is 9.47 Å². The van der Waals surface area contributed by atoms with Crippen molar-refractivity contribution in [1.82, 2.24) is 0 Å². The predicted octanol–water partition coefficient (Wildman–Crippen LogP) is 3.24. The third kappa shape index (κ3) is 5.24. The maximum atomic E-state index is 11.6. The van der Waals surface area contributed by atoms with E-state index < -0.39 is 0 Å². The molecule has 0 radical (unpaired) electrons. The van der Waals surface area contributed by atoms with Crippen molar-refractivity contribution in [2.75, 3.05) is 13.2 Å². The van der Waals surface area contributed by atoms with E-state index in [1.807, 2.05) is 60.7 Å². The van der Waals surface area contributed by atoms with Crippen LogP contribution < -0.4 is 4.74 Å². The third-order valence-corrected chi connectivity index (χ3v) is 2.77. The molecule has 0 heterocycles. The molecule has 20 heavy (non-hydrogen) atoms.